The minimum absolute atomic E-state index is 0.169. The molecule has 0 aliphatic rings. The second-order valence-electron chi connectivity index (χ2n) is 4.28. The van der Waals surface area contributed by atoms with Crippen molar-refractivity contribution in [2.45, 2.75) is 6.92 Å². The highest BCUT2D eigenvalue weighted by Crippen LogP contribution is 2.27. The fourth-order valence-corrected chi connectivity index (χ4v) is 2.19. The van der Waals surface area contributed by atoms with Crippen LogP contribution in [0.4, 0.5) is 0 Å². The minimum atomic E-state index is -0.169. The predicted molar refractivity (Wildman–Crippen MR) is 73.6 cm³/mol. The normalized spacial score (nSPS) is 10.8. The van der Waals surface area contributed by atoms with Crippen molar-refractivity contribution in [3.63, 3.8) is 0 Å². The number of carbonyl (C=O) groups excluding carboxylic acids is 1. The molecule has 3 aromatic rings. The summed E-state index contributed by atoms with van der Waals surface area (Å²) >= 11 is 6.03. The van der Waals surface area contributed by atoms with Crippen molar-refractivity contribution >= 4 is 28.4 Å². The van der Waals surface area contributed by atoms with Gasteiger partial charge in [0.05, 0.1) is 5.02 Å². The third kappa shape index (κ3) is 2.13. The zero-order valence-electron chi connectivity index (χ0n) is 10.2. The molecule has 0 fully saturated rings. The van der Waals surface area contributed by atoms with Crippen LogP contribution < -0.4 is 0 Å². The molecule has 3 rings (SSSR count). The first-order valence-electron chi connectivity index (χ1n) is 5.80. The van der Waals surface area contributed by atoms with Gasteiger partial charge in [-0.25, -0.2) is 0 Å². The van der Waals surface area contributed by atoms with Crippen LogP contribution in [-0.2, 0) is 0 Å². The van der Waals surface area contributed by atoms with Crippen molar-refractivity contribution in [2.75, 3.05) is 0 Å². The highest BCUT2D eigenvalue weighted by atomic mass is 35.5. The second kappa shape index (κ2) is 4.52. The highest BCUT2D eigenvalue weighted by Gasteiger charge is 2.15. The Morgan fingerprint density at radius 3 is 2.84 bits per heavy atom. The first-order valence-corrected chi connectivity index (χ1v) is 6.18. The fraction of sp³-hybridized carbons (Fsp3) is 0.0667. The average molecular weight is 272 g/mol. The standard InChI is InChI=1S/C15H10ClNO2/c1-9-7-10(5-6-17-9)14(18)13-8-11-3-2-4-12(16)15(11)19-13/h2-8H,1H3. The number of ketones is 1. The monoisotopic (exact) mass is 271 g/mol. The van der Waals surface area contributed by atoms with Gasteiger partial charge >= 0.3 is 0 Å². The molecule has 0 aliphatic heterocycles. The first kappa shape index (κ1) is 11.9. The topological polar surface area (TPSA) is 43.1 Å². The van der Waals surface area contributed by atoms with Crippen LogP contribution in [0.1, 0.15) is 21.8 Å². The van der Waals surface area contributed by atoms with E-state index in [0.717, 1.165) is 11.1 Å². The number of nitrogens with zero attached hydrogens (tertiary/aromatic N) is 1. The van der Waals surface area contributed by atoms with Crippen molar-refractivity contribution < 1.29 is 9.21 Å². The summed E-state index contributed by atoms with van der Waals surface area (Å²) in [6.07, 6.45) is 1.61. The van der Waals surface area contributed by atoms with Crippen molar-refractivity contribution in [3.8, 4) is 0 Å². The molecule has 0 aliphatic carbocycles. The number of fused-ring (bicyclic) bond motifs is 1. The van der Waals surface area contributed by atoms with Gasteiger partial charge < -0.3 is 4.42 Å². The molecule has 0 unspecified atom stereocenters. The van der Waals surface area contributed by atoms with Gasteiger partial charge in [0.1, 0.15) is 0 Å². The maximum Gasteiger partial charge on any atom is 0.228 e. The zero-order chi connectivity index (χ0) is 13.4. The van der Waals surface area contributed by atoms with Crippen molar-refractivity contribution in [1.82, 2.24) is 4.98 Å². The molecule has 0 amide bonds. The van der Waals surface area contributed by atoms with Crippen molar-refractivity contribution in [1.29, 1.82) is 0 Å². The molecule has 0 saturated carbocycles. The molecule has 2 aromatic heterocycles. The van der Waals surface area contributed by atoms with Crippen LogP contribution >= 0.6 is 11.6 Å². The van der Waals surface area contributed by atoms with Gasteiger partial charge in [-0.05, 0) is 31.2 Å². The quantitative estimate of drug-likeness (QED) is 0.661. The molecule has 0 saturated heterocycles. The molecular formula is C15H10ClNO2. The molecular weight excluding hydrogens is 262 g/mol. The van der Waals surface area contributed by atoms with E-state index >= 15 is 0 Å². The van der Waals surface area contributed by atoms with Crippen LogP contribution in [0.25, 0.3) is 11.0 Å². The fourth-order valence-electron chi connectivity index (χ4n) is 1.97. The molecule has 0 atom stereocenters. The van der Waals surface area contributed by atoms with Crippen LogP contribution in [0.2, 0.25) is 5.02 Å². The SMILES string of the molecule is Cc1cc(C(=O)c2cc3cccc(Cl)c3o2)ccn1. The number of hydrogen-bond acceptors (Lipinski definition) is 3. The smallest absolute Gasteiger partial charge is 0.228 e. The van der Waals surface area contributed by atoms with E-state index in [2.05, 4.69) is 4.98 Å². The summed E-state index contributed by atoms with van der Waals surface area (Å²) in [7, 11) is 0. The second-order valence-corrected chi connectivity index (χ2v) is 4.69. The van der Waals surface area contributed by atoms with Crippen molar-refractivity contribution in [3.05, 3.63) is 64.6 Å². The van der Waals surface area contributed by atoms with E-state index in [0.29, 0.717) is 16.2 Å². The number of furan rings is 1. The summed E-state index contributed by atoms with van der Waals surface area (Å²) in [4.78, 5) is 16.4. The van der Waals surface area contributed by atoms with Gasteiger partial charge in [-0.2, -0.15) is 0 Å². The third-order valence-electron chi connectivity index (χ3n) is 2.88. The lowest BCUT2D eigenvalue weighted by atomic mass is 10.1. The molecule has 0 bridgehead atoms. The van der Waals surface area contributed by atoms with E-state index in [-0.39, 0.29) is 11.5 Å². The van der Waals surface area contributed by atoms with E-state index < -0.39 is 0 Å². The number of benzene rings is 1. The van der Waals surface area contributed by atoms with Crippen LogP contribution in [0.5, 0.6) is 0 Å². The van der Waals surface area contributed by atoms with Gasteiger partial charge in [-0.15, -0.1) is 0 Å². The number of aryl methyl sites for hydroxylation is 1. The number of rotatable bonds is 2. The molecule has 0 spiro atoms. The molecule has 3 nitrogen and oxygen atoms in total. The molecule has 0 N–H and O–H groups in total. The predicted octanol–water partition coefficient (Wildman–Crippen LogP) is 4.02. The molecule has 0 radical (unpaired) electrons. The van der Waals surface area contributed by atoms with E-state index in [1.165, 1.54) is 0 Å². The lowest BCUT2D eigenvalue weighted by Crippen LogP contribution is -2.00. The Morgan fingerprint density at radius 1 is 1.26 bits per heavy atom. The largest absolute Gasteiger partial charge is 0.451 e. The van der Waals surface area contributed by atoms with Crippen LogP contribution in [-0.4, -0.2) is 10.8 Å². The Labute approximate surface area is 114 Å². The lowest BCUT2D eigenvalue weighted by Gasteiger charge is -1.98. The maximum absolute atomic E-state index is 12.3. The lowest BCUT2D eigenvalue weighted by molar-refractivity contribution is 0.101. The van der Waals surface area contributed by atoms with Gasteiger partial charge in [0.25, 0.3) is 0 Å². The number of hydrogen-bond donors (Lipinski definition) is 0. The summed E-state index contributed by atoms with van der Waals surface area (Å²) in [5.41, 5.74) is 1.89. The van der Waals surface area contributed by atoms with Gasteiger partial charge in [0.15, 0.2) is 11.3 Å². The van der Waals surface area contributed by atoms with E-state index in [1.54, 1.807) is 30.5 Å². The Hall–Kier alpha value is -2.13. The third-order valence-corrected chi connectivity index (χ3v) is 3.18. The van der Waals surface area contributed by atoms with E-state index in [9.17, 15) is 4.79 Å². The van der Waals surface area contributed by atoms with Crippen molar-refractivity contribution in [2.24, 2.45) is 0 Å². The first-order chi connectivity index (χ1) is 9.15. The Balaban J connectivity index is 2.09. The summed E-state index contributed by atoms with van der Waals surface area (Å²) in [5, 5.41) is 1.32. The molecule has 1 aromatic carbocycles. The highest BCUT2D eigenvalue weighted by molar-refractivity contribution is 6.35. The van der Waals surface area contributed by atoms with Gasteiger partial charge in [0.2, 0.25) is 5.78 Å². The van der Waals surface area contributed by atoms with E-state index in [4.69, 9.17) is 16.0 Å². The summed E-state index contributed by atoms with van der Waals surface area (Å²) in [6.45, 7) is 1.84. The summed E-state index contributed by atoms with van der Waals surface area (Å²) in [6, 6.07) is 10.5. The minimum Gasteiger partial charge on any atom is -0.451 e. The maximum atomic E-state index is 12.3. The summed E-state index contributed by atoms with van der Waals surface area (Å²) in [5.74, 6) is 0.117. The molecule has 2 heterocycles. The van der Waals surface area contributed by atoms with Crippen LogP contribution in [0.15, 0.2) is 47.0 Å². The van der Waals surface area contributed by atoms with Crippen LogP contribution in [0, 0.1) is 6.92 Å². The zero-order valence-corrected chi connectivity index (χ0v) is 10.9. The Morgan fingerprint density at radius 2 is 2.11 bits per heavy atom. The number of carbonyl (C=O) groups is 1. The van der Waals surface area contributed by atoms with Gasteiger partial charge in [-0.1, -0.05) is 23.7 Å². The molecule has 94 valence electrons. The average Bonchev–Trinajstić information content (AvgIpc) is 2.83. The van der Waals surface area contributed by atoms with Gasteiger partial charge in [0, 0.05) is 22.8 Å². The molecule has 4 heteroatoms. The van der Waals surface area contributed by atoms with Crippen LogP contribution in [0.3, 0.4) is 0 Å². The number of halogens is 1. The Kier molecular flexibility index (Phi) is 2.84. The number of aromatic nitrogens is 1. The Bertz CT molecular complexity index is 777. The van der Waals surface area contributed by atoms with E-state index in [1.807, 2.05) is 19.1 Å². The van der Waals surface area contributed by atoms with Gasteiger partial charge in [-0.3, -0.25) is 9.78 Å². The number of para-hydroxylation sites is 1. The molecule has 19 heavy (non-hydrogen) atoms. The number of pyridine rings is 1. The summed E-state index contributed by atoms with van der Waals surface area (Å²) < 4.78 is 5.55.